The van der Waals surface area contributed by atoms with Crippen LogP contribution in [0.3, 0.4) is 0 Å². The van der Waals surface area contributed by atoms with Crippen molar-refractivity contribution in [2.45, 2.75) is 24.8 Å². The second-order valence-corrected chi connectivity index (χ2v) is 9.63. The third kappa shape index (κ3) is 3.80. The Bertz CT molecular complexity index is 1100. The van der Waals surface area contributed by atoms with Gasteiger partial charge in [-0.3, -0.25) is 4.79 Å². The van der Waals surface area contributed by atoms with Crippen LogP contribution in [0.2, 0.25) is 0 Å². The Morgan fingerprint density at radius 1 is 1.40 bits per heavy atom. The number of hydrogen-bond acceptors (Lipinski definition) is 5. The van der Waals surface area contributed by atoms with E-state index in [0.717, 1.165) is 0 Å². The van der Waals surface area contributed by atoms with Crippen molar-refractivity contribution < 1.29 is 22.3 Å². The lowest BCUT2D eigenvalue weighted by atomic mass is 9.87. The van der Waals surface area contributed by atoms with Gasteiger partial charge in [0.1, 0.15) is 10.7 Å². The molecule has 0 unspecified atom stereocenters. The van der Waals surface area contributed by atoms with Crippen LogP contribution in [0.15, 0.2) is 29.3 Å². The van der Waals surface area contributed by atoms with Gasteiger partial charge in [0.05, 0.1) is 6.61 Å². The van der Waals surface area contributed by atoms with E-state index >= 15 is 0 Å². The second-order valence-electron chi connectivity index (χ2n) is 7.95. The monoisotopic (exact) mass is 458 g/mol. The number of carbonyl (C=O) groups is 1. The van der Waals surface area contributed by atoms with Gasteiger partial charge in [0.2, 0.25) is 10.0 Å². The highest BCUT2D eigenvalue weighted by Crippen LogP contribution is 2.37. The van der Waals surface area contributed by atoms with Crippen LogP contribution in [0.1, 0.15) is 23.0 Å². The molecule has 1 saturated heterocycles. The average molecular weight is 459 g/mol. The number of fused-ring (bicyclic) bond motifs is 2. The van der Waals surface area contributed by atoms with Gasteiger partial charge in [-0.25, -0.2) is 17.5 Å². The number of amides is 1. The van der Waals surface area contributed by atoms with E-state index in [9.17, 15) is 17.6 Å². The molecule has 2 aliphatic heterocycles. The lowest BCUT2D eigenvalue weighted by molar-refractivity contribution is 0.100. The Morgan fingerprint density at radius 2 is 2.13 bits per heavy atom. The molecule has 0 aliphatic carbocycles. The SMILES string of the molecule is Cc1cc(NC(=O)c2c3c(cn2C)S(=O)(=O)N[C@H]2CNC[C@@]2(C)CO3)ccc1F.Cl. The zero-order valence-electron chi connectivity index (χ0n) is 16.8. The summed E-state index contributed by atoms with van der Waals surface area (Å²) in [4.78, 5) is 12.9. The van der Waals surface area contributed by atoms with Gasteiger partial charge >= 0.3 is 0 Å². The number of aromatic nitrogens is 1. The minimum Gasteiger partial charge on any atom is -0.489 e. The van der Waals surface area contributed by atoms with E-state index < -0.39 is 21.3 Å². The predicted molar refractivity (Wildman–Crippen MR) is 112 cm³/mol. The molecule has 2 aliphatic rings. The number of carbonyl (C=O) groups excluding carboxylic acids is 1. The number of halogens is 2. The molecule has 1 fully saturated rings. The number of ether oxygens (including phenoxy) is 1. The number of nitrogens with zero attached hydrogens (tertiary/aromatic N) is 1. The normalized spacial score (nSPS) is 24.5. The minimum absolute atomic E-state index is 0. The fourth-order valence-electron chi connectivity index (χ4n) is 3.78. The Labute approximate surface area is 180 Å². The molecule has 4 rings (SSSR count). The Hall–Kier alpha value is -2.14. The maximum Gasteiger partial charge on any atom is 0.276 e. The average Bonchev–Trinajstić information content (AvgIpc) is 3.16. The van der Waals surface area contributed by atoms with Gasteiger partial charge < -0.3 is 19.9 Å². The first-order valence-corrected chi connectivity index (χ1v) is 10.7. The van der Waals surface area contributed by atoms with Crippen LogP contribution in [-0.2, 0) is 17.1 Å². The van der Waals surface area contributed by atoms with Crippen LogP contribution in [0.5, 0.6) is 5.75 Å². The Kier molecular flexibility index (Phi) is 5.89. The standard InChI is InChI=1S/C19H23FN4O4S.ClH/c1-11-6-12(4-5-13(11)20)22-18(25)16-17-14(8-24(16)3)29(26,27)23-15-7-21-9-19(15,2)10-28-17;/h4-6,8,15,21,23H,7,9-10H2,1-3H3,(H,22,25);1H/t15-,19-;/m0./s1. The van der Waals surface area contributed by atoms with Crippen molar-refractivity contribution in [2.75, 3.05) is 25.0 Å². The highest BCUT2D eigenvalue weighted by atomic mass is 35.5. The molecule has 11 heteroatoms. The quantitative estimate of drug-likeness (QED) is 0.637. The van der Waals surface area contributed by atoms with Gasteiger partial charge in [-0.05, 0) is 30.7 Å². The molecule has 3 heterocycles. The van der Waals surface area contributed by atoms with Gasteiger partial charge in [0.25, 0.3) is 5.91 Å². The lowest BCUT2D eigenvalue weighted by Gasteiger charge is -2.32. The molecule has 30 heavy (non-hydrogen) atoms. The molecular formula is C19H24ClFN4O4S. The van der Waals surface area contributed by atoms with Gasteiger partial charge in [-0.1, -0.05) is 6.92 Å². The molecule has 1 aromatic heterocycles. The number of sulfonamides is 1. The first-order chi connectivity index (χ1) is 13.6. The molecule has 1 aromatic carbocycles. The zero-order chi connectivity index (χ0) is 21.0. The fraction of sp³-hybridized carbons (Fsp3) is 0.421. The smallest absolute Gasteiger partial charge is 0.276 e. The first kappa shape index (κ1) is 22.5. The molecule has 0 radical (unpaired) electrons. The van der Waals surface area contributed by atoms with Gasteiger partial charge in [-0.15, -0.1) is 12.4 Å². The number of nitrogens with one attached hydrogen (secondary N) is 3. The van der Waals surface area contributed by atoms with Crippen LogP contribution in [-0.4, -0.2) is 44.6 Å². The van der Waals surface area contributed by atoms with Crippen molar-refractivity contribution in [3.05, 3.63) is 41.5 Å². The summed E-state index contributed by atoms with van der Waals surface area (Å²) in [6.07, 6.45) is 1.37. The molecule has 8 nitrogen and oxygen atoms in total. The van der Waals surface area contributed by atoms with Crippen molar-refractivity contribution in [1.82, 2.24) is 14.6 Å². The van der Waals surface area contributed by atoms with Crippen LogP contribution in [0.4, 0.5) is 10.1 Å². The maximum atomic E-state index is 13.5. The third-order valence-electron chi connectivity index (χ3n) is 5.59. The molecule has 2 atom stereocenters. The van der Waals surface area contributed by atoms with E-state index in [1.807, 2.05) is 6.92 Å². The van der Waals surface area contributed by atoms with Crippen molar-refractivity contribution >= 4 is 34.0 Å². The molecule has 3 N–H and O–H groups in total. The zero-order valence-corrected chi connectivity index (χ0v) is 18.4. The van der Waals surface area contributed by atoms with E-state index in [0.29, 0.717) is 24.3 Å². The van der Waals surface area contributed by atoms with Crippen molar-refractivity contribution in [1.29, 1.82) is 0 Å². The van der Waals surface area contributed by atoms with Gasteiger partial charge in [0, 0.05) is 43.5 Å². The highest BCUT2D eigenvalue weighted by Gasteiger charge is 2.45. The summed E-state index contributed by atoms with van der Waals surface area (Å²) in [7, 11) is -2.30. The maximum absolute atomic E-state index is 13.5. The minimum atomic E-state index is -3.88. The Balaban J connectivity index is 0.00000256. The van der Waals surface area contributed by atoms with Crippen LogP contribution in [0, 0.1) is 18.2 Å². The largest absolute Gasteiger partial charge is 0.489 e. The lowest BCUT2D eigenvalue weighted by Crippen LogP contribution is -2.49. The van der Waals surface area contributed by atoms with Crippen LogP contribution >= 0.6 is 12.4 Å². The van der Waals surface area contributed by atoms with E-state index in [-0.39, 0.29) is 47.2 Å². The van der Waals surface area contributed by atoms with E-state index in [1.54, 1.807) is 14.0 Å². The molecule has 164 valence electrons. The molecular weight excluding hydrogens is 435 g/mol. The fourth-order valence-corrected chi connectivity index (χ4v) is 5.34. The highest BCUT2D eigenvalue weighted by molar-refractivity contribution is 7.89. The molecule has 1 amide bonds. The van der Waals surface area contributed by atoms with Crippen molar-refractivity contribution in [3.8, 4) is 5.75 Å². The van der Waals surface area contributed by atoms with Crippen molar-refractivity contribution in [3.63, 3.8) is 0 Å². The number of rotatable bonds is 2. The summed E-state index contributed by atoms with van der Waals surface area (Å²) in [6, 6.07) is 3.91. The topological polar surface area (TPSA) is 101 Å². The summed E-state index contributed by atoms with van der Waals surface area (Å²) in [5.74, 6) is -0.898. The molecule has 0 saturated carbocycles. The van der Waals surface area contributed by atoms with Crippen molar-refractivity contribution in [2.24, 2.45) is 12.5 Å². The number of aryl methyl sites for hydroxylation is 2. The molecule has 0 bridgehead atoms. The Morgan fingerprint density at radius 3 is 2.83 bits per heavy atom. The molecule has 2 aromatic rings. The summed E-state index contributed by atoms with van der Waals surface area (Å²) >= 11 is 0. The van der Waals surface area contributed by atoms with Gasteiger partial charge in [-0.2, -0.15) is 0 Å². The molecule has 0 spiro atoms. The second kappa shape index (κ2) is 7.84. The number of benzene rings is 1. The first-order valence-electron chi connectivity index (χ1n) is 9.23. The van der Waals surface area contributed by atoms with E-state index in [2.05, 4.69) is 15.4 Å². The van der Waals surface area contributed by atoms with Crippen LogP contribution < -0.4 is 20.1 Å². The number of anilines is 1. The van der Waals surface area contributed by atoms with E-state index in [4.69, 9.17) is 4.74 Å². The third-order valence-corrected chi connectivity index (χ3v) is 7.05. The summed E-state index contributed by atoms with van der Waals surface area (Å²) in [6.45, 7) is 4.89. The summed E-state index contributed by atoms with van der Waals surface area (Å²) in [5, 5.41) is 5.87. The summed E-state index contributed by atoms with van der Waals surface area (Å²) in [5.41, 5.74) is 0.436. The summed E-state index contributed by atoms with van der Waals surface area (Å²) < 4.78 is 49.5. The van der Waals surface area contributed by atoms with Gasteiger partial charge in [0.15, 0.2) is 11.4 Å². The predicted octanol–water partition coefficient (Wildman–Crippen LogP) is 1.80. The number of hydrogen-bond donors (Lipinski definition) is 3. The van der Waals surface area contributed by atoms with E-state index in [1.165, 1.54) is 29.0 Å². The van der Waals surface area contributed by atoms with Crippen LogP contribution in [0.25, 0.3) is 0 Å².